The third kappa shape index (κ3) is 5.91. The quantitative estimate of drug-likeness (QED) is 0.380. The molecule has 0 aliphatic heterocycles. The van der Waals surface area contributed by atoms with Gasteiger partial charge in [0.2, 0.25) is 0 Å². The second-order valence-corrected chi connectivity index (χ2v) is 9.90. The zero-order valence-corrected chi connectivity index (χ0v) is 20.7. The number of hydrogen-bond donors (Lipinski definition) is 0. The van der Waals surface area contributed by atoms with Crippen molar-refractivity contribution in [3.05, 3.63) is 89.5 Å². The van der Waals surface area contributed by atoms with Gasteiger partial charge in [0.15, 0.2) is 0 Å². The fourth-order valence-electron chi connectivity index (χ4n) is 4.61. The summed E-state index contributed by atoms with van der Waals surface area (Å²) in [7, 11) is 1.34. The number of benzene rings is 3. The zero-order valence-electron chi connectivity index (χ0n) is 20.7. The summed E-state index contributed by atoms with van der Waals surface area (Å²) in [6, 6.07) is 24.0. The van der Waals surface area contributed by atoms with Crippen molar-refractivity contribution in [3.8, 4) is 16.9 Å². The lowest BCUT2D eigenvalue weighted by atomic mass is 9.96. The smallest absolute Gasteiger partial charge is 0.309 e. The van der Waals surface area contributed by atoms with Crippen LogP contribution >= 0.6 is 0 Å². The molecule has 0 N–H and O–H groups in total. The average Bonchev–Trinajstić information content (AvgIpc) is 3.16. The first kappa shape index (κ1) is 24.5. The standard InChI is InChI=1S/C30H32O5/c1-30(2,3)35-22-15-13-20(14-16-22)17-21(29(32)33-4)18-28(31)34-19-27-25-11-7-5-9-23(25)24-10-6-8-12-26(24)27/h5-16,21,27H,17-19H2,1-4H3. The van der Waals surface area contributed by atoms with Crippen molar-refractivity contribution in [1.29, 1.82) is 0 Å². The minimum atomic E-state index is -0.620. The Hall–Kier alpha value is -3.60. The van der Waals surface area contributed by atoms with Gasteiger partial charge in [-0.2, -0.15) is 0 Å². The molecule has 0 spiro atoms. The van der Waals surface area contributed by atoms with Crippen molar-refractivity contribution in [1.82, 2.24) is 0 Å². The molecule has 1 aliphatic carbocycles. The van der Waals surface area contributed by atoms with Gasteiger partial charge < -0.3 is 14.2 Å². The van der Waals surface area contributed by atoms with Gasteiger partial charge in [-0.05, 0) is 67.1 Å². The molecule has 35 heavy (non-hydrogen) atoms. The van der Waals surface area contributed by atoms with Crippen molar-refractivity contribution >= 4 is 11.9 Å². The van der Waals surface area contributed by atoms with Gasteiger partial charge in [-0.25, -0.2) is 0 Å². The Morgan fingerprint density at radius 1 is 0.857 bits per heavy atom. The average molecular weight is 473 g/mol. The lowest BCUT2D eigenvalue weighted by molar-refractivity contribution is -0.153. The zero-order chi connectivity index (χ0) is 25.0. The molecule has 0 amide bonds. The highest BCUT2D eigenvalue weighted by atomic mass is 16.5. The van der Waals surface area contributed by atoms with Gasteiger partial charge in [-0.15, -0.1) is 0 Å². The molecule has 0 radical (unpaired) electrons. The maximum absolute atomic E-state index is 12.8. The first-order valence-electron chi connectivity index (χ1n) is 11.9. The number of hydrogen-bond acceptors (Lipinski definition) is 5. The molecule has 0 fully saturated rings. The van der Waals surface area contributed by atoms with Gasteiger partial charge in [-0.3, -0.25) is 9.59 Å². The van der Waals surface area contributed by atoms with Crippen LogP contribution in [0.5, 0.6) is 5.75 Å². The van der Waals surface area contributed by atoms with Crippen LogP contribution in [0.4, 0.5) is 0 Å². The van der Waals surface area contributed by atoms with Crippen molar-refractivity contribution in [2.75, 3.05) is 13.7 Å². The molecular weight excluding hydrogens is 440 g/mol. The van der Waals surface area contributed by atoms with Crippen LogP contribution < -0.4 is 4.74 Å². The molecule has 0 saturated carbocycles. The summed E-state index contributed by atoms with van der Waals surface area (Å²) in [6.07, 6.45) is 0.343. The van der Waals surface area contributed by atoms with Gasteiger partial charge in [0.05, 0.1) is 19.4 Å². The highest BCUT2D eigenvalue weighted by Crippen LogP contribution is 2.44. The van der Waals surface area contributed by atoms with Crippen LogP contribution in [0.1, 0.15) is 49.8 Å². The molecule has 1 unspecified atom stereocenters. The van der Waals surface area contributed by atoms with E-state index >= 15 is 0 Å². The first-order chi connectivity index (χ1) is 16.7. The van der Waals surface area contributed by atoms with Gasteiger partial charge in [0, 0.05) is 5.92 Å². The van der Waals surface area contributed by atoms with E-state index in [1.165, 1.54) is 18.2 Å². The van der Waals surface area contributed by atoms with Crippen LogP contribution in [-0.2, 0) is 25.5 Å². The summed E-state index contributed by atoms with van der Waals surface area (Å²) < 4.78 is 16.5. The number of esters is 2. The van der Waals surface area contributed by atoms with Crippen molar-refractivity contribution < 1.29 is 23.8 Å². The van der Waals surface area contributed by atoms with Crippen LogP contribution in [0.25, 0.3) is 11.1 Å². The molecule has 3 aromatic carbocycles. The van der Waals surface area contributed by atoms with E-state index in [1.807, 2.05) is 69.3 Å². The monoisotopic (exact) mass is 472 g/mol. The molecule has 0 saturated heterocycles. The number of carbonyl (C=O) groups is 2. The summed E-state index contributed by atoms with van der Waals surface area (Å²) in [6.45, 7) is 6.20. The van der Waals surface area contributed by atoms with E-state index in [0.29, 0.717) is 6.42 Å². The fourth-order valence-corrected chi connectivity index (χ4v) is 4.61. The SMILES string of the molecule is COC(=O)C(CC(=O)OCC1c2ccccc2-c2ccccc21)Cc1ccc(OC(C)(C)C)cc1. The van der Waals surface area contributed by atoms with E-state index < -0.39 is 17.9 Å². The minimum Gasteiger partial charge on any atom is -0.488 e. The number of carbonyl (C=O) groups excluding carboxylic acids is 2. The Labute approximate surface area is 207 Å². The summed E-state index contributed by atoms with van der Waals surface area (Å²) in [5.41, 5.74) is 5.30. The summed E-state index contributed by atoms with van der Waals surface area (Å²) >= 11 is 0. The normalized spacial score (nSPS) is 13.5. The molecule has 4 rings (SSSR count). The van der Waals surface area contributed by atoms with E-state index in [-0.39, 0.29) is 24.5 Å². The maximum atomic E-state index is 12.8. The Morgan fingerprint density at radius 3 is 1.97 bits per heavy atom. The van der Waals surface area contributed by atoms with Gasteiger partial charge >= 0.3 is 11.9 Å². The molecule has 5 heteroatoms. The summed E-state index contributed by atoms with van der Waals surface area (Å²) in [4.78, 5) is 25.2. The van der Waals surface area contributed by atoms with E-state index in [1.54, 1.807) is 0 Å². The Bertz CT molecular complexity index is 1140. The minimum absolute atomic E-state index is 0.0155. The Balaban J connectivity index is 1.40. The largest absolute Gasteiger partial charge is 0.488 e. The lowest BCUT2D eigenvalue weighted by Gasteiger charge is -2.21. The summed E-state index contributed by atoms with van der Waals surface area (Å²) in [5.74, 6) is -0.709. The molecule has 0 aromatic heterocycles. The molecule has 3 aromatic rings. The fraction of sp³-hybridized carbons (Fsp3) is 0.333. The number of rotatable bonds is 8. The van der Waals surface area contributed by atoms with Crippen molar-refractivity contribution in [2.24, 2.45) is 5.92 Å². The Kier molecular flexibility index (Phi) is 7.25. The molecule has 0 heterocycles. The molecule has 0 bridgehead atoms. The van der Waals surface area contributed by atoms with Crippen molar-refractivity contribution in [2.45, 2.75) is 45.1 Å². The molecule has 1 aliphatic rings. The predicted molar refractivity (Wildman–Crippen MR) is 135 cm³/mol. The number of ether oxygens (including phenoxy) is 3. The van der Waals surface area contributed by atoms with E-state index in [9.17, 15) is 9.59 Å². The van der Waals surface area contributed by atoms with Crippen LogP contribution in [0, 0.1) is 5.92 Å². The molecule has 5 nitrogen and oxygen atoms in total. The number of fused-ring (bicyclic) bond motifs is 3. The van der Waals surface area contributed by atoms with Gasteiger partial charge in [0.25, 0.3) is 0 Å². The molecule has 1 atom stereocenters. The third-order valence-electron chi connectivity index (χ3n) is 6.15. The van der Waals surface area contributed by atoms with Crippen LogP contribution in [0.15, 0.2) is 72.8 Å². The second-order valence-electron chi connectivity index (χ2n) is 9.90. The topological polar surface area (TPSA) is 61.8 Å². The van der Waals surface area contributed by atoms with E-state index in [4.69, 9.17) is 14.2 Å². The Morgan fingerprint density at radius 2 is 1.43 bits per heavy atom. The lowest BCUT2D eigenvalue weighted by Crippen LogP contribution is -2.24. The summed E-state index contributed by atoms with van der Waals surface area (Å²) in [5, 5.41) is 0. The van der Waals surface area contributed by atoms with Crippen LogP contribution in [0.2, 0.25) is 0 Å². The van der Waals surface area contributed by atoms with Crippen LogP contribution in [-0.4, -0.2) is 31.3 Å². The van der Waals surface area contributed by atoms with E-state index in [0.717, 1.165) is 22.4 Å². The predicted octanol–water partition coefficient (Wildman–Crippen LogP) is 5.94. The number of methoxy groups -OCH3 is 1. The highest BCUT2D eigenvalue weighted by Gasteiger charge is 2.30. The molecular formula is C30H32O5. The van der Waals surface area contributed by atoms with Gasteiger partial charge in [0.1, 0.15) is 18.0 Å². The van der Waals surface area contributed by atoms with Gasteiger partial charge in [-0.1, -0.05) is 60.7 Å². The van der Waals surface area contributed by atoms with E-state index in [2.05, 4.69) is 24.3 Å². The highest BCUT2D eigenvalue weighted by molar-refractivity contribution is 5.81. The maximum Gasteiger partial charge on any atom is 0.309 e. The second kappa shape index (κ2) is 10.3. The van der Waals surface area contributed by atoms with Crippen LogP contribution in [0.3, 0.4) is 0 Å². The van der Waals surface area contributed by atoms with Crippen molar-refractivity contribution in [3.63, 3.8) is 0 Å². The third-order valence-corrected chi connectivity index (χ3v) is 6.15. The molecule has 182 valence electrons. The first-order valence-corrected chi connectivity index (χ1v) is 11.9.